The van der Waals surface area contributed by atoms with Crippen molar-refractivity contribution in [3.05, 3.63) is 35.4 Å². The zero-order valence-electron chi connectivity index (χ0n) is 12.4. The van der Waals surface area contributed by atoms with E-state index in [1.807, 2.05) is 36.0 Å². The molecule has 0 aliphatic carbocycles. The molecular formula is C16H20N2O2S. The number of nitrogens with zero attached hydrogens (tertiary/aromatic N) is 2. The molecule has 21 heavy (non-hydrogen) atoms. The lowest BCUT2D eigenvalue weighted by atomic mass is 10.0. The van der Waals surface area contributed by atoms with Crippen LogP contribution in [0.15, 0.2) is 24.3 Å². The van der Waals surface area contributed by atoms with Gasteiger partial charge in [-0.3, -0.25) is 9.69 Å². The van der Waals surface area contributed by atoms with Crippen molar-refractivity contribution in [1.29, 1.82) is 5.26 Å². The fraction of sp³-hybridized carbons (Fsp3) is 0.500. The fourth-order valence-electron chi connectivity index (χ4n) is 2.69. The molecule has 2 rings (SSSR count). The summed E-state index contributed by atoms with van der Waals surface area (Å²) in [5.41, 5.74) is 1.80. The second kappa shape index (κ2) is 7.48. The quantitative estimate of drug-likeness (QED) is 0.800. The highest BCUT2D eigenvalue weighted by Crippen LogP contribution is 2.29. The third kappa shape index (κ3) is 3.99. The van der Waals surface area contributed by atoms with Gasteiger partial charge in [0.2, 0.25) is 0 Å². The van der Waals surface area contributed by atoms with Gasteiger partial charge in [-0.1, -0.05) is 12.1 Å². The Hall–Kier alpha value is -1.51. The average Bonchev–Trinajstić information content (AvgIpc) is 2.54. The lowest BCUT2D eigenvalue weighted by molar-refractivity contribution is -0.142. The van der Waals surface area contributed by atoms with Crippen LogP contribution in [0, 0.1) is 11.3 Å². The number of benzene rings is 1. The second-order valence-corrected chi connectivity index (χ2v) is 6.31. The first kappa shape index (κ1) is 15.9. The number of esters is 1. The third-order valence-electron chi connectivity index (χ3n) is 3.90. The molecule has 1 heterocycles. The van der Waals surface area contributed by atoms with Gasteiger partial charge >= 0.3 is 5.97 Å². The molecule has 1 aliphatic heterocycles. The van der Waals surface area contributed by atoms with E-state index in [2.05, 4.69) is 17.9 Å². The Morgan fingerprint density at radius 3 is 3.14 bits per heavy atom. The van der Waals surface area contributed by atoms with Gasteiger partial charge in [-0.05, 0) is 24.6 Å². The van der Waals surface area contributed by atoms with E-state index in [-0.39, 0.29) is 18.1 Å². The molecule has 1 aromatic carbocycles. The van der Waals surface area contributed by atoms with Crippen LogP contribution < -0.4 is 0 Å². The molecule has 1 aromatic rings. The highest BCUT2D eigenvalue weighted by Gasteiger charge is 2.29. The second-order valence-electron chi connectivity index (χ2n) is 5.16. The van der Waals surface area contributed by atoms with Crippen LogP contribution in [0.2, 0.25) is 0 Å². The molecule has 0 saturated carbocycles. The molecule has 0 N–H and O–H groups in total. The number of carbonyl (C=O) groups excluding carboxylic acids is 1. The van der Waals surface area contributed by atoms with Crippen LogP contribution in [0.1, 0.15) is 30.5 Å². The van der Waals surface area contributed by atoms with Crippen LogP contribution in [-0.4, -0.2) is 42.1 Å². The van der Waals surface area contributed by atoms with Crippen LogP contribution >= 0.6 is 11.8 Å². The number of rotatable bonds is 4. The largest absolute Gasteiger partial charge is 0.469 e. The van der Waals surface area contributed by atoms with Crippen molar-refractivity contribution in [3.63, 3.8) is 0 Å². The summed E-state index contributed by atoms with van der Waals surface area (Å²) in [5, 5.41) is 9.03. The van der Waals surface area contributed by atoms with Crippen molar-refractivity contribution >= 4 is 17.7 Å². The lowest BCUT2D eigenvalue weighted by Gasteiger charge is -2.39. The van der Waals surface area contributed by atoms with Gasteiger partial charge in [-0.15, -0.1) is 0 Å². The number of thioether (sulfide) groups is 1. The maximum Gasteiger partial charge on any atom is 0.307 e. The summed E-state index contributed by atoms with van der Waals surface area (Å²) in [6.45, 7) is 3.08. The van der Waals surface area contributed by atoms with Crippen LogP contribution in [0.5, 0.6) is 0 Å². The topological polar surface area (TPSA) is 53.3 Å². The summed E-state index contributed by atoms with van der Waals surface area (Å²) in [7, 11) is 1.43. The molecule has 0 bridgehead atoms. The molecular weight excluding hydrogens is 284 g/mol. The summed E-state index contributed by atoms with van der Waals surface area (Å²) in [4.78, 5) is 13.9. The highest BCUT2D eigenvalue weighted by atomic mass is 32.2. The molecule has 1 fully saturated rings. The highest BCUT2D eigenvalue weighted by molar-refractivity contribution is 7.99. The van der Waals surface area contributed by atoms with E-state index in [4.69, 9.17) is 10.00 Å². The maximum absolute atomic E-state index is 11.6. The van der Waals surface area contributed by atoms with Gasteiger partial charge in [0.25, 0.3) is 0 Å². The molecule has 0 spiro atoms. The first-order valence-corrected chi connectivity index (χ1v) is 8.21. The number of methoxy groups -OCH3 is 1. The predicted octanol–water partition coefficient (Wildman–Crippen LogP) is 2.60. The van der Waals surface area contributed by atoms with E-state index in [0.29, 0.717) is 12.0 Å². The molecule has 112 valence electrons. The normalized spacial score (nSPS) is 20.5. The molecule has 0 radical (unpaired) electrons. The lowest BCUT2D eigenvalue weighted by Crippen LogP contribution is -2.45. The number of hydrogen-bond donors (Lipinski definition) is 0. The van der Waals surface area contributed by atoms with Crippen LogP contribution in [0.4, 0.5) is 0 Å². The molecule has 0 amide bonds. The third-order valence-corrected chi connectivity index (χ3v) is 4.99. The standard InChI is InChI=1S/C16H20N2O2S/c1-12(14-5-3-4-13(8-14)10-17)18-6-7-21-11-15(18)9-16(19)20-2/h3-5,8,12,15H,6-7,9,11H2,1-2H3. The number of nitriles is 1. The minimum absolute atomic E-state index is 0.162. The summed E-state index contributed by atoms with van der Waals surface area (Å²) in [6, 6.07) is 10.3. The molecule has 1 saturated heterocycles. The Morgan fingerprint density at radius 1 is 1.62 bits per heavy atom. The first-order valence-electron chi connectivity index (χ1n) is 7.06. The van der Waals surface area contributed by atoms with Gasteiger partial charge in [0, 0.05) is 30.1 Å². The van der Waals surface area contributed by atoms with Gasteiger partial charge in [0.15, 0.2) is 0 Å². The predicted molar refractivity (Wildman–Crippen MR) is 84.0 cm³/mol. The van der Waals surface area contributed by atoms with Crippen molar-refractivity contribution in [2.45, 2.75) is 25.4 Å². The van der Waals surface area contributed by atoms with Gasteiger partial charge in [-0.2, -0.15) is 17.0 Å². The van der Waals surface area contributed by atoms with Gasteiger partial charge in [0.05, 0.1) is 25.2 Å². The Kier molecular flexibility index (Phi) is 5.66. The van der Waals surface area contributed by atoms with E-state index in [0.717, 1.165) is 23.6 Å². The zero-order valence-corrected chi connectivity index (χ0v) is 13.2. The molecule has 2 unspecified atom stereocenters. The number of hydrogen-bond acceptors (Lipinski definition) is 5. The summed E-state index contributed by atoms with van der Waals surface area (Å²) in [6.07, 6.45) is 0.422. The van der Waals surface area contributed by atoms with Gasteiger partial charge in [-0.25, -0.2) is 0 Å². The monoisotopic (exact) mass is 304 g/mol. The minimum Gasteiger partial charge on any atom is -0.469 e. The Labute approximate surface area is 130 Å². The summed E-state index contributed by atoms with van der Waals surface area (Å²) < 4.78 is 4.81. The molecule has 0 aromatic heterocycles. The van der Waals surface area contributed by atoms with Crippen molar-refractivity contribution in [2.75, 3.05) is 25.2 Å². The molecule has 1 aliphatic rings. The average molecular weight is 304 g/mol. The van der Waals surface area contributed by atoms with E-state index >= 15 is 0 Å². The molecule has 2 atom stereocenters. The van der Waals surface area contributed by atoms with Crippen LogP contribution in [0.3, 0.4) is 0 Å². The number of ether oxygens (including phenoxy) is 1. The van der Waals surface area contributed by atoms with Crippen molar-refractivity contribution in [3.8, 4) is 6.07 Å². The molecule has 5 heteroatoms. The van der Waals surface area contributed by atoms with Crippen LogP contribution in [0.25, 0.3) is 0 Å². The van der Waals surface area contributed by atoms with Gasteiger partial charge in [0.1, 0.15) is 0 Å². The molecule has 4 nitrogen and oxygen atoms in total. The minimum atomic E-state index is -0.162. The summed E-state index contributed by atoms with van der Waals surface area (Å²) >= 11 is 1.88. The SMILES string of the molecule is COC(=O)CC1CSCCN1C(C)c1cccc(C#N)c1. The maximum atomic E-state index is 11.6. The van der Waals surface area contributed by atoms with E-state index in [1.54, 1.807) is 0 Å². The van der Waals surface area contributed by atoms with Crippen molar-refractivity contribution in [2.24, 2.45) is 0 Å². The summed E-state index contributed by atoms with van der Waals surface area (Å²) in [5.74, 6) is 1.85. The fourth-order valence-corrected chi connectivity index (χ4v) is 3.78. The van der Waals surface area contributed by atoms with E-state index in [1.165, 1.54) is 7.11 Å². The van der Waals surface area contributed by atoms with Gasteiger partial charge < -0.3 is 4.74 Å². The van der Waals surface area contributed by atoms with Crippen molar-refractivity contribution < 1.29 is 9.53 Å². The first-order chi connectivity index (χ1) is 10.2. The Bertz CT molecular complexity index is 541. The van der Waals surface area contributed by atoms with Crippen LogP contribution in [-0.2, 0) is 9.53 Å². The smallest absolute Gasteiger partial charge is 0.307 e. The Morgan fingerprint density at radius 2 is 2.43 bits per heavy atom. The van der Waals surface area contributed by atoms with Crippen molar-refractivity contribution in [1.82, 2.24) is 4.90 Å². The Balaban J connectivity index is 2.15. The van der Waals surface area contributed by atoms with E-state index in [9.17, 15) is 4.79 Å². The zero-order chi connectivity index (χ0) is 15.2. The van der Waals surface area contributed by atoms with E-state index < -0.39 is 0 Å². The number of carbonyl (C=O) groups is 1.